The molecule has 0 radical (unpaired) electrons. The van der Waals surface area contributed by atoms with Crippen LogP contribution in [0, 0.1) is 19.3 Å². The summed E-state index contributed by atoms with van der Waals surface area (Å²) in [6, 6.07) is 7.36. The van der Waals surface area contributed by atoms with Crippen LogP contribution in [-0.4, -0.2) is 29.6 Å². The van der Waals surface area contributed by atoms with E-state index >= 15 is 0 Å². The van der Waals surface area contributed by atoms with Crippen molar-refractivity contribution in [1.29, 1.82) is 0 Å². The van der Waals surface area contributed by atoms with Crippen molar-refractivity contribution in [3.63, 3.8) is 0 Å². The quantitative estimate of drug-likeness (QED) is 0.888. The molecule has 0 aromatic heterocycles. The Morgan fingerprint density at radius 1 is 1.24 bits per heavy atom. The molecule has 2 heteroatoms. The van der Waals surface area contributed by atoms with E-state index in [0.29, 0.717) is 11.5 Å². The third-order valence-corrected chi connectivity index (χ3v) is 4.95. The lowest BCUT2D eigenvalue weighted by molar-refractivity contribution is 0.0294. The standard InChI is InChI=1S/C19H32N2/c1-14-8-9-15(2)16(10-14)11-21-12-17(18(3,4)5)20-13-19(21,6)7/h8-10,17,20H,11-13H2,1-7H3. The summed E-state index contributed by atoms with van der Waals surface area (Å²) < 4.78 is 0. The number of piperazine rings is 1. The molecule has 21 heavy (non-hydrogen) atoms. The topological polar surface area (TPSA) is 15.3 Å². The number of nitrogens with one attached hydrogen (secondary N) is 1. The van der Waals surface area contributed by atoms with Crippen LogP contribution in [0.2, 0.25) is 0 Å². The zero-order chi connectivity index (χ0) is 15.8. The fourth-order valence-electron chi connectivity index (χ4n) is 3.05. The Bertz CT molecular complexity index is 497. The predicted octanol–water partition coefficient (Wildman–Crippen LogP) is 3.90. The number of hydrogen-bond donors (Lipinski definition) is 1. The molecule has 0 spiro atoms. The van der Waals surface area contributed by atoms with Gasteiger partial charge in [-0.25, -0.2) is 0 Å². The Hall–Kier alpha value is -0.860. The van der Waals surface area contributed by atoms with Gasteiger partial charge >= 0.3 is 0 Å². The molecule has 1 aliphatic heterocycles. The zero-order valence-corrected chi connectivity index (χ0v) is 14.9. The van der Waals surface area contributed by atoms with E-state index in [1.165, 1.54) is 16.7 Å². The highest BCUT2D eigenvalue weighted by Gasteiger charge is 2.38. The van der Waals surface area contributed by atoms with Gasteiger partial charge < -0.3 is 5.32 Å². The first-order chi connectivity index (χ1) is 9.59. The lowest BCUT2D eigenvalue weighted by Crippen LogP contribution is -2.64. The molecule has 1 unspecified atom stereocenters. The average molecular weight is 288 g/mol. The normalized spacial score (nSPS) is 23.3. The van der Waals surface area contributed by atoms with Crippen LogP contribution in [0.3, 0.4) is 0 Å². The first kappa shape index (κ1) is 16.5. The van der Waals surface area contributed by atoms with E-state index in [2.05, 4.69) is 76.9 Å². The Kier molecular flexibility index (Phi) is 4.51. The Balaban J connectivity index is 2.20. The molecule has 0 saturated carbocycles. The Morgan fingerprint density at radius 2 is 1.90 bits per heavy atom. The summed E-state index contributed by atoms with van der Waals surface area (Å²) in [5, 5.41) is 3.75. The third-order valence-electron chi connectivity index (χ3n) is 4.95. The van der Waals surface area contributed by atoms with Crippen LogP contribution in [0.5, 0.6) is 0 Å². The van der Waals surface area contributed by atoms with Crippen LogP contribution in [0.1, 0.15) is 51.3 Å². The molecule has 0 amide bonds. The Labute approximate surface area is 130 Å². The minimum Gasteiger partial charge on any atom is -0.310 e. The van der Waals surface area contributed by atoms with Crippen LogP contribution >= 0.6 is 0 Å². The zero-order valence-electron chi connectivity index (χ0n) is 14.9. The smallest absolute Gasteiger partial charge is 0.0281 e. The maximum absolute atomic E-state index is 3.75. The minimum atomic E-state index is 0.206. The summed E-state index contributed by atoms with van der Waals surface area (Å²) >= 11 is 0. The van der Waals surface area contributed by atoms with Gasteiger partial charge in [-0.2, -0.15) is 0 Å². The van der Waals surface area contributed by atoms with Gasteiger partial charge in [-0.05, 0) is 44.2 Å². The van der Waals surface area contributed by atoms with Crippen LogP contribution in [0.4, 0.5) is 0 Å². The van der Waals surface area contributed by atoms with Gasteiger partial charge in [0, 0.05) is 31.2 Å². The highest BCUT2D eigenvalue weighted by molar-refractivity contribution is 5.30. The van der Waals surface area contributed by atoms with Crippen molar-refractivity contribution in [2.45, 2.75) is 66.6 Å². The van der Waals surface area contributed by atoms with Gasteiger partial charge in [0.2, 0.25) is 0 Å². The molecule has 1 aliphatic rings. The predicted molar refractivity (Wildman–Crippen MR) is 91.7 cm³/mol. The van der Waals surface area contributed by atoms with Gasteiger partial charge in [0.1, 0.15) is 0 Å². The fourth-order valence-corrected chi connectivity index (χ4v) is 3.05. The molecular weight excluding hydrogens is 256 g/mol. The molecular formula is C19H32N2. The average Bonchev–Trinajstić information content (AvgIpc) is 2.34. The summed E-state index contributed by atoms with van der Waals surface area (Å²) in [5.41, 5.74) is 4.74. The highest BCUT2D eigenvalue weighted by atomic mass is 15.3. The summed E-state index contributed by atoms with van der Waals surface area (Å²) in [6.07, 6.45) is 0. The van der Waals surface area contributed by atoms with E-state index in [4.69, 9.17) is 0 Å². The van der Waals surface area contributed by atoms with Gasteiger partial charge in [0.05, 0.1) is 0 Å². The van der Waals surface area contributed by atoms with Crippen molar-refractivity contribution >= 4 is 0 Å². The van der Waals surface area contributed by atoms with E-state index in [0.717, 1.165) is 19.6 Å². The molecule has 1 aromatic carbocycles. The van der Waals surface area contributed by atoms with Crippen molar-refractivity contribution < 1.29 is 0 Å². The number of rotatable bonds is 2. The van der Waals surface area contributed by atoms with Gasteiger partial charge in [-0.1, -0.05) is 44.5 Å². The van der Waals surface area contributed by atoms with Crippen LogP contribution in [-0.2, 0) is 6.54 Å². The van der Waals surface area contributed by atoms with Gasteiger partial charge in [-0.15, -0.1) is 0 Å². The number of hydrogen-bond acceptors (Lipinski definition) is 2. The largest absolute Gasteiger partial charge is 0.310 e. The molecule has 1 aromatic rings. The number of benzene rings is 1. The maximum atomic E-state index is 3.75. The molecule has 1 fully saturated rings. The van der Waals surface area contributed by atoms with Gasteiger partial charge in [0.15, 0.2) is 0 Å². The second-order valence-corrected chi connectivity index (χ2v) is 8.42. The summed E-state index contributed by atoms with van der Waals surface area (Å²) in [4.78, 5) is 2.65. The molecule has 1 N–H and O–H groups in total. The van der Waals surface area contributed by atoms with E-state index in [1.54, 1.807) is 0 Å². The van der Waals surface area contributed by atoms with Crippen LogP contribution < -0.4 is 5.32 Å². The molecule has 2 nitrogen and oxygen atoms in total. The van der Waals surface area contributed by atoms with E-state index in [9.17, 15) is 0 Å². The first-order valence-electron chi connectivity index (χ1n) is 8.14. The summed E-state index contributed by atoms with van der Waals surface area (Å²) in [6.45, 7) is 19.3. The maximum Gasteiger partial charge on any atom is 0.0281 e. The van der Waals surface area contributed by atoms with E-state index < -0.39 is 0 Å². The summed E-state index contributed by atoms with van der Waals surface area (Å²) in [7, 11) is 0. The SMILES string of the molecule is Cc1ccc(C)c(CN2CC(C(C)(C)C)NCC2(C)C)c1. The minimum absolute atomic E-state index is 0.206. The lowest BCUT2D eigenvalue weighted by atomic mass is 9.82. The summed E-state index contributed by atoms with van der Waals surface area (Å²) in [5.74, 6) is 0. The molecule has 0 aliphatic carbocycles. The van der Waals surface area contributed by atoms with Gasteiger partial charge in [0.25, 0.3) is 0 Å². The van der Waals surface area contributed by atoms with Crippen LogP contribution in [0.25, 0.3) is 0 Å². The van der Waals surface area contributed by atoms with E-state index in [-0.39, 0.29) is 5.54 Å². The van der Waals surface area contributed by atoms with Crippen LogP contribution in [0.15, 0.2) is 18.2 Å². The molecule has 1 atom stereocenters. The highest BCUT2D eigenvalue weighted by Crippen LogP contribution is 2.29. The monoisotopic (exact) mass is 288 g/mol. The number of aryl methyl sites for hydroxylation is 2. The van der Waals surface area contributed by atoms with Crippen molar-refractivity contribution in [3.05, 3.63) is 34.9 Å². The second-order valence-electron chi connectivity index (χ2n) is 8.42. The molecule has 1 saturated heterocycles. The van der Waals surface area contributed by atoms with Crippen molar-refractivity contribution in [2.24, 2.45) is 5.41 Å². The molecule has 118 valence electrons. The van der Waals surface area contributed by atoms with E-state index in [1.807, 2.05) is 0 Å². The first-order valence-corrected chi connectivity index (χ1v) is 8.14. The molecule has 1 heterocycles. The Morgan fingerprint density at radius 3 is 2.52 bits per heavy atom. The second kappa shape index (κ2) is 5.73. The van der Waals surface area contributed by atoms with Crippen molar-refractivity contribution in [3.8, 4) is 0 Å². The number of nitrogens with zero attached hydrogens (tertiary/aromatic N) is 1. The molecule has 0 bridgehead atoms. The molecule has 2 rings (SSSR count). The van der Waals surface area contributed by atoms with Crippen molar-refractivity contribution in [2.75, 3.05) is 13.1 Å². The van der Waals surface area contributed by atoms with Gasteiger partial charge in [-0.3, -0.25) is 4.90 Å². The lowest BCUT2D eigenvalue weighted by Gasteiger charge is -2.49. The fraction of sp³-hybridized carbons (Fsp3) is 0.684. The van der Waals surface area contributed by atoms with Crippen molar-refractivity contribution in [1.82, 2.24) is 10.2 Å². The third kappa shape index (κ3) is 3.87.